The maximum absolute atomic E-state index is 13.9. The van der Waals surface area contributed by atoms with E-state index in [1.807, 2.05) is 28.8 Å². The molecule has 8 heteroatoms. The predicted octanol–water partition coefficient (Wildman–Crippen LogP) is 4.95. The molecular formula is C27H28N4O3S. The molecule has 2 aromatic carbocycles. The van der Waals surface area contributed by atoms with Crippen molar-refractivity contribution in [3.63, 3.8) is 0 Å². The van der Waals surface area contributed by atoms with Crippen molar-refractivity contribution in [3.8, 4) is 0 Å². The van der Waals surface area contributed by atoms with Gasteiger partial charge in [0.05, 0.1) is 33.8 Å². The van der Waals surface area contributed by atoms with Gasteiger partial charge in [-0.15, -0.1) is 0 Å². The van der Waals surface area contributed by atoms with Crippen molar-refractivity contribution in [2.24, 2.45) is 0 Å². The SMILES string of the molecule is O=C(c1ccc2c(=O)n3c(nc2c1)CCCCCC3)N(CC1CCCO1)c1nc2ccccc2s1. The molecule has 0 spiro atoms. The molecule has 1 saturated heterocycles. The molecule has 0 saturated carbocycles. The van der Waals surface area contributed by atoms with E-state index in [1.165, 1.54) is 11.3 Å². The Labute approximate surface area is 207 Å². The molecule has 7 nitrogen and oxygen atoms in total. The van der Waals surface area contributed by atoms with Crippen molar-refractivity contribution in [1.82, 2.24) is 14.5 Å². The van der Waals surface area contributed by atoms with Gasteiger partial charge in [0.15, 0.2) is 5.13 Å². The Balaban J connectivity index is 1.40. The number of carbonyl (C=O) groups excluding carboxylic acids is 1. The van der Waals surface area contributed by atoms with E-state index in [-0.39, 0.29) is 17.6 Å². The van der Waals surface area contributed by atoms with E-state index in [2.05, 4.69) is 0 Å². The monoisotopic (exact) mass is 488 g/mol. The van der Waals surface area contributed by atoms with Crippen LogP contribution in [0.2, 0.25) is 0 Å². The Morgan fingerprint density at radius 1 is 1.06 bits per heavy atom. The van der Waals surface area contributed by atoms with Crippen LogP contribution in [0.4, 0.5) is 5.13 Å². The fourth-order valence-electron chi connectivity index (χ4n) is 5.10. The van der Waals surface area contributed by atoms with Crippen molar-refractivity contribution < 1.29 is 9.53 Å². The summed E-state index contributed by atoms with van der Waals surface area (Å²) in [6.45, 7) is 1.89. The molecule has 0 aliphatic carbocycles. The zero-order valence-corrected chi connectivity index (χ0v) is 20.4. The summed E-state index contributed by atoms with van der Waals surface area (Å²) < 4.78 is 8.73. The maximum Gasteiger partial charge on any atom is 0.261 e. The molecule has 180 valence electrons. The Morgan fingerprint density at radius 2 is 1.94 bits per heavy atom. The molecule has 2 aliphatic heterocycles. The third-order valence-electron chi connectivity index (χ3n) is 6.98. The molecule has 2 aromatic heterocycles. The van der Waals surface area contributed by atoms with Gasteiger partial charge in [-0.1, -0.05) is 36.3 Å². The average Bonchev–Trinajstić information content (AvgIpc) is 3.53. The molecular weight excluding hydrogens is 460 g/mol. The highest BCUT2D eigenvalue weighted by atomic mass is 32.1. The Hall–Kier alpha value is -3.10. The molecule has 1 unspecified atom stereocenters. The molecule has 0 bridgehead atoms. The van der Waals surface area contributed by atoms with E-state index in [0.29, 0.717) is 34.7 Å². The zero-order valence-electron chi connectivity index (χ0n) is 19.6. The van der Waals surface area contributed by atoms with Crippen LogP contribution in [0.1, 0.15) is 54.7 Å². The molecule has 35 heavy (non-hydrogen) atoms. The number of thiazole rings is 1. The van der Waals surface area contributed by atoms with Crippen molar-refractivity contribution in [2.45, 2.75) is 57.6 Å². The second-order valence-corrected chi connectivity index (χ2v) is 10.4. The number of nitrogens with zero attached hydrogens (tertiary/aromatic N) is 4. The van der Waals surface area contributed by atoms with Gasteiger partial charge < -0.3 is 4.74 Å². The lowest BCUT2D eigenvalue weighted by Gasteiger charge is -2.23. The zero-order chi connectivity index (χ0) is 23.8. The predicted molar refractivity (Wildman–Crippen MR) is 138 cm³/mol. The van der Waals surface area contributed by atoms with Gasteiger partial charge in [-0.3, -0.25) is 19.1 Å². The van der Waals surface area contributed by atoms with Gasteiger partial charge in [0.2, 0.25) is 0 Å². The van der Waals surface area contributed by atoms with Gasteiger partial charge in [-0.2, -0.15) is 0 Å². The van der Waals surface area contributed by atoms with Crippen LogP contribution < -0.4 is 10.5 Å². The normalized spacial score (nSPS) is 18.3. The molecule has 1 fully saturated rings. The van der Waals surface area contributed by atoms with E-state index >= 15 is 0 Å². The number of benzene rings is 2. The summed E-state index contributed by atoms with van der Waals surface area (Å²) in [7, 11) is 0. The summed E-state index contributed by atoms with van der Waals surface area (Å²) in [4.78, 5) is 38.4. The van der Waals surface area contributed by atoms with Crippen LogP contribution in [0.5, 0.6) is 0 Å². The van der Waals surface area contributed by atoms with Crippen LogP contribution in [-0.4, -0.2) is 39.7 Å². The summed E-state index contributed by atoms with van der Waals surface area (Å²) in [5.74, 6) is 0.685. The van der Waals surface area contributed by atoms with E-state index in [1.54, 1.807) is 23.1 Å². The fourth-order valence-corrected chi connectivity index (χ4v) is 6.07. The van der Waals surface area contributed by atoms with Crippen LogP contribution >= 0.6 is 11.3 Å². The number of para-hydroxylation sites is 1. The minimum Gasteiger partial charge on any atom is -0.376 e. The van der Waals surface area contributed by atoms with Gasteiger partial charge in [-0.05, 0) is 56.0 Å². The first-order chi connectivity index (χ1) is 17.2. The van der Waals surface area contributed by atoms with Crippen molar-refractivity contribution >= 4 is 43.5 Å². The van der Waals surface area contributed by atoms with E-state index in [9.17, 15) is 9.59 Å². The van der Waals surface area contributed by atoms with Gasteiger partial charge in [-0.25, -0.2) is 9.97 Å². The number of carbonyl (C=O) groups is 1. The number of aromatic nitrogens is 3. The number of rotatable bonds is 4. The molecule has 2 aliphatic rings. The fraction of sp³-hybridized carbons (Fsp3) is 0.407. The number of ether oxygens (including phenoxy) is 1. The number of amides is 1. The highest BCUT2D eigenvalue weighted by molar-refractivity contribution is 7.22. The summed E-state index contributed by atoms with van der Waals surface area (Å²) in [5, 5.41) is 1.23. The van der Waals surface area contributed by atoms with Gasteiger partial charge in [0, 0.05) is 25.1 Å². The largest absolute Gasteiger partial charge is 0.376 e. The molecule has 1 atom stereocenters. The van der Waals surface area contributed by atoms with Crippen LogP contribution in [-0.2, 0) is 17.7 Å². The first kappa shape index (κ1) is 22.4. The smallest absolute Gasteiger partial charge is 0.261 e. The Kier molecular flexibility index (Phi) is 6.08. The third kappa shape index (κ3) is 4.36. The number of hydrogen-bond donors (Lipinski definition) is 0. The van der Waals surface area contributed by atoms with Gasteiger partial charge in [0.25, 0.3) is 11.5 Å². The lowest BCUT2D eigenvalue weighted by molar-refractivity contribution is 0.0917. The van der Waals surface area contributed by atoms with Crippen LogP contribution in [0, 0.1) is 0 Å². The lowest BCUT2D eigenvalue weighted by atomic mass is 10.1. The number of anilines is 1. The molecule has 4 heterocycles. The van der Waals surface area contributed by atoms with Crippen LogP contribution in [0.3, 0.4) is 0 Å². The van der Waals surface area contributed by atoms with E-state index in [0.717, 1.165) is 67.6 Å². The minimum atomic E-state index is -0.143. The minimum absolute atomic E-state index is 0.00566. The van der Waals surface area contributed by atoms with Crippen molar-refractivity contribution in [1.29, 1.82) is 0 Å². The van der Waals surface area contributed by atoms with Gasteiger partial charge >= 0.3 is 0 Å². The van der Waals surface area contributed by atoms with E-state index < -0.39 is 0 Å². The summed E-state index contributed by atoms with van der Waals surface area (Å²) >= 11 is 1.51. The van der Waals surface area contributed by atoms with Crippen molar-refractivity contribution in [2.75, 3.05) is 18.1 Å². The maximum atomic E-state index is 13.9. The summed E-state index contributed by atoms with van der Waals surface area (Å²) in [5.41, 5.74) is 1.98. The highest BCUT2D eigenvalue weighted by Gasteiger charge is 2.27. The highest BCUT2D eigenvalue weighted by Crippen LogP contribution is 2.31. The molecule has 6 rings (SSSR count). The average molecular weight is 489 g/mol. The van der Waals surface area contributed by atoms with E-state index in [4.69, 9.17) is 14.7 Å². The number of hydrogen-bond acceptors (Lipinski definition) is 6. The van der Waals surface area contributed by atoms with Crippen molar-refractivity contribution in [3.05, 3.63) is 64.2 Å². The first-order valence-electron chi connectivity index (χ1n) is 12.5. The molecule has 4 aromatic rings. The molecule has 1 amide bonds. The summed E-state index contributed by atoms with van der Waals surface area (Å²) in [6.07, 6.45) is 7.05. The summed E-state index contributed by atoms with van der Waals surface area (Å²) in [6, 6.07) is 13.2. The second kappa shape index (κ2) is 9.51. The third-order valence-corrected chi connectivity index (χ3v) is 8.04. The second-order valence-electron chi connectivity index (χ2n) is 9.40. The number of fused-ring (bicyclic) bond motifs is 3. The topological polar surface area (TPSA) is 77.3 Å². The van der Waals surface area contributed by atoms with Crippen LogP contribution in [0.15, 0.2) is 47.3 Å². The molecule has 0 radical (unpaired) electrons. The Morgan fingerprint density at radius 3 is 2.80 bits per heavy atom. The Bertz CT molecular complexity index is 1420. The van der Waals surface area contributed by atoms with Gasteiger partial charge in [0.1, 0.15) is 5.82 Å². The molecule has 0 N–H and O–H groups in total. The number of aryl methyl sites for hydroxylation is 1. The first-order valence-corrected chi connectivity index (χ1v) is 13.3. The lowest BCUT2D eigenvalue weighted by Crippen LogP contribution is -2.37. The standard InChI is InChI=1S/C27H28N4O3S/c32-25(31(17-19-8-7-15-34-19)27-29-21-9-4-5-10-23(21)35-27)18-12-13-20-22(16-18)28-24-11-3-1-2-6-14-30(24)26(20)33/h4-5,9-10,12-13,16,19H,1-3,6-8,11,14-15,17H2. The quantitative estimate of drug-likeness (QED) is 0.406. The van der Waals surface area contributed by atoms with Crippen LogP contribution in [0.25, 0.3) is 21.1 Å².